The lowest BCUT2D eigenvalue weighted by atomic mass is 10.1. The molecule has 2 amide bonds. The Morgan fingerprint density at radius 3 is 2.27 bits per heavy atom. The number of hydrogen-bond acceptors (Lipinski definition) is 3. The van der Waals surface area contributed by atoms with Gasteiger partial charge in [-0.25, -0.2) is 0 Å². The third kappa shape index (κ3) is 9.00. The van der Waals surface area contributed by atoms with E-state index in [9.17, 15) is 14.7 Å². The van der Waals surface area contributed by atoms with E-state index in [2.05, 4.69) is 5.32 Å². The number of nitrogens with one attached hydrogen (secondary N) is 1. The van der Waals surface area contributed by atoms with Crippen LogP contribution in [0.25, 0.3) is 0 Å². The van der Waals surface area contributed by atoms with Crippen LogP contribution in [0.4, 0.5) is 0 Å². The summed E-state index contributed by atoms with van der Waals surface area (Å²) in [4.78, 5) is 22.3. The number of aromatic hydroxyl groups is 1. The second kappa shape index (κ2) is 12.7. The molecule has 1 rings (SSSR count). The number of rotatable bonds is 9. The lowest BCUT2D eigenvalue weighted by molar-refractivity contribution is -0.118. The van der Waals surface area contributed by atoms with Gasteiger partial charge >= 0.3 is 0 Å². The van der Waals surface area contributed by atoms with Crippen LogP contribution in [0.2, 0.25) is 0 Å². The summed E-state index contributed by atoms with van der Waals surface area (Å²) in [5.41, 5.74) is 5.35. The normalized spacial score (nSPS) is 9.55. The smallest absolute Gasteiger partial charge is 0.255 e. The number of primary amides is 1. The second-order valence-corrected chi connectivity index (χ2v) is 4.76. The minimum Gasteiger partial charge on any atom is -0.507 e. The number of amides is 2. The first kappa shape index (κ1) is 20.0. The molecule has 0 aliphatic rings. The molecule has 0 aliphatic heterocycles. The van der Waals surface area contributed by atoms with Crippen molar-refractivity contribution < 1.29 is 14.7 Å². The molecule has 22 heavy (non-hydrogen) atoms. The Morgan fingerprint density at radius 2 is 1.64 bits per heavy atom. The molecule has 1 aromatic carbocycles. The zero-order valence-corrected chi connectivity index (χ0v) is 13.6. The quantitative estimate of drug-likeness (QED) is 0.612. The average molecular weight is 308 g/mol. The fraction of sp³-hybridized carbons (Fsp3) is 0.529. The number of unbranched alkanes of at least 4 members (excludes halogenated alkanes) is 4. The van der Waals surface area contributed by atoms with Crippen LogP contribution in [-0.2, 0) is 4.79 Å². The molecule has 0 bridgehead atoms. The van der Waals surface area contributed by atoms with Crippen LogP contribution in [0, 0.1) is 0 Å². The van der Waals surface area contributed by atoms with Gasteiger partial charge in [0.1, 0.15) is 5.75 Å². The van der Waals surface area contributed by atoms with Crippen molar-refractivity contribution in [3.05, 3.63) is 29.8 Å². The Balaban J connectivity index is 0.00000211. The lowest BCUT2D eigenvalue weighted by Crippen LogP contribution is -2.24. The van der Waals surface area contributed by atoms with Gasteiger partial charge in [-0.2, -0.15) is 0 Å². The molecule has 0 fully saturated rings. The predicted molar refractivity (Wildman–Crippen MR) is 88.7 cm³/mol. The minimum absolute atomic E-state index is 0.00329. The molecule has 0 saturated carbocycles. The standard InChI is InChI=1S/C15H22N2O3.C2H6/c16-14(19)10-4-2-1-3-7-11-17-15(20)12-8-5-6-9-13(12)18;1-2/h5-6,8-9,18H,1-4,7,10-11H2,(H2,16,19)(H,17,20);1-2H3. The summed E-state index contributed by atoms with van der Waals surface area (Å²) < 4.78 is 0. The minimum atomic E-state index is -0.253. The fourth-order valence-corrected chi connectivity index (χ4v) is 1.92. The molecule has 1 aromatic rings. The van der Waals surface area contributed by atoms with Crippen LogP contribution in [0.5, 0.6) is 5.75 Å². The van der Waals surface area contributed by atoms with Gasteiger partial charge in [0.25, 0.3) is 5.91 Å². The van der Waals surface area contributed by atoms with Crippen LogP contribution >= 0.6 is 0 Å². The molecule has 0 atom stereocenters. The Bertz CT molecular complexity index is 447. The van der Waals surface area contributed by atoms with E-state index in [1.807, 2.05) is 13.8 Å². The monoisotopic (exact) mass is 308 g/mol. The molecular formula is C17H28N2O3. The molecule has 0 saturated heterocycles. The van der Waals surface area contributed by atoms with Gasteiger partial charge in [0.05, 0.1) is 5.56 Å². The van der Waals surface area contributed by atoms with Crippen LogP contribution in [-0.4, -0.2) is 23.5 Å². The Labute approximate surface area is 132 Å². The number of carbonyl (C=O) groups is 2. The van der Waals surface area contributed by atoms with Crippen molar-refractivity contribution in [2.45, 2.75) is 52.4 Å². The van der Waals surface area contributed by atoms with Gasteiger partial charge in [0.2, 0.25) is 5.91 Å². The fourth-order valence-electron chi connectivity index (χ4n) is 1.92. The number of phenols is 1. The number of nitrogens with two attached hydrogens (primary N) is 1. The third-order valence-electron chi connectivity index (χ3n) is 3.03. The van der Waals surface area contributed by atoms with Gasteiger partial charge in [-0.15, -0.1) is 0 Å². The van der Waals surface area contributed by atoms with Crippen LogP contribution in [0.3, 0.4) is 0 Å². The van der Waals surface area contributed by atoms with E-state index in [0.717, 1.165) is 32.1 Å². The molecule has 5 heteroatoms. The Hall–Kier alpha value is -2.04. The Morgan fingerprint density at radius 1 is 1.05 bits per heavy atom. The van der Waals surface area contributed by atoms with Gasteiger partial charge in [0.15, 0.2) is 0 Å². The van der Waals surface area contributed by atoms with E-state index in [-0.39, 0.29) is 17.6 Å². The first-order valence-corrected chi connectivity index (χ1v) is 7.95. The van der Waals surface area contributed by atoms with Crippen LogP contribution < -0.4 is 11.1 Å². The first-order chi connectivity index (χ1) is 10.6. The summed E-state index contributed by atoms with van der Waals surface area (Å²) in [5.74, 6) is -0.506. The van der Waals surface area contributed by atoms with E-state index in [1.165, 1.54) is 6.07 Å². The maximum absolute atomic E-state index is 11.8. The topological polar surface area (TPSA) is 92.4 Å². The molecule has 0 unspecified atom stereocenters. The molecule has 0 aliphatic carbocycles. The zero-order valence-electron chi connectivity index (χ0n) is 13.6. The van der Waals surface area contributed by atoms with E-state index >= 15 is 0 Å². The largest absolute Gasteiger partial charge is 0.507 e. The molecule has 0 spiro atoms. The Kier molecular flexibility index (Phi) is 11.5. The van der Waals surface area contributed by atoms with Crippen molar-refractivity contribution in [3.8, 4) is 5.75 Å². The van der Waals surface area contributed by atoms with E-state index < -0.39 is 0 Å². The molecule has 4 N–H and O–H groups in total. The second-order valence-electron chi connectivity index (χ2n) is 4.76. The van der Waals surface area contributed by atoms with Crippen LogP contribution in [0.1, 0.15) is 62.7 Å². The summed E-state index contributed by atoms with van der Waals surface area (Å²) in [7, 11) is 0. The number of benzene rings is 1. The summed E-state index contributed by atoms with van der Waals surface area (Å²) in [6.07, 6.45) is 5.18. The average Bonchev–Trinajstić information content (AvgIpc) is 2.52. The van der Waals surface area contributed by atoms with Gasteiger partial charge in [0, 0.05) is 13.0 Å². The first-order valence-electron chi connectivity index (χ1n) is 7.95. The maximum atomic E-state index is 11.8. The highest BCUT2D eigenvalue weighted by atomic mass is 16.3. The van der Waals surface area contributed by atoms with Gasteiger partial charge in [-0.1, -0.05) is 45.2 Å². The molecule has 5 nitrogen and oxygen atoms in total. The molecule has 0 radical (unpaired) electrons. The molecule has 0 heterocycles. The lowest BCUT2D eigenvalue weighted by Gasteiger charge is -2.06. The van der Waals surface area contributed by atoms with Gasteiger partial charge in [-0.3, -0.25) is 9.59 Å². The van der Waals surface area contributed by atoms with Crippen molar-refractivity contribution in [2.75, 3.05) is 6.54 Å². The summed E-state index contributed by atoms with van der Waals surface area (Å²) in [6, 6.07) is 6.48. The SMILES string of the molecule is CC.NC(=O)CCCCCCCNC(=O)c1ccccc1O. The van der Waals surface area contributed by atoms with E-state index in [1.54, 1.807) is 18.2 Å². The highest BCUT2D eigenvalue weighted by molar-refractivity contribution is 5.96. The van der Waals surface area contributed by atoms with Gasteiger partial charge in [-0.05, 0) is 25.0 Å². The summed E-state index contributed by atoms with van der Waals surface area (Å²) in [6.45, 7) is 4.59. The van der Waals surface area contributed by atoms with Crippen molar-refractivity contribution in [1.29, 1.82) is 0 Å². The number of hydrogen-bond donors (Lipinski definition) is 3. The zero-order chi connectivity index (χ0) is 16.8. The number of para-hydroxylation sites is 1. The van der Waals surface area contributed by atoms with Gasteiger partial charge < -0.3 is 16.2 Å². The number of phenolic OH excluding ortho intramolecular Hbond substituents is 1. The van der Waals surface area contributed by atoms with E-state index in [4.69, 9.17) is 5.73 Å². The van der Waals surface area contributed by atoms with Crippen LogP contribution in [0.15, 0.2) is 24.3 Å². The summed E-state index contributed by atoms with van der Waals surface area (Å²) in [5, 5.41) is 12.3. The molecular weight excluding hydrogens is 280 g/mol. The van der Waals surface area contributed by atoms with E-state index in [0.29, 0.717) is 18.5 Å². The summed E-state index contributed by atoms with van der Waals surface area (Å²) >= 11 is 0. The predicted octanol–water partition coefficient (Wildman–Crippen LogP) is 2.97. The number of carbonyl (C=O) groups excluding carboxylic acids is 2. The molecule has 0 aromatic heterocycles. The van der Waals surface area contributed by atoms with Crippen molar-refractivity contribution in [2.24, 2.45) is 5.73 Å². The highest BCUT2D eigenvalue weighted by Gasteiger charge is 2.08. The third-order valence-corrected chi connectivity index (χ3v) is 3.03. The van der Waals surface area contributed by atoms with Crippen molar-refractivity contribution in [1.82, 2.24) is 5.32 Å². The van der Waals surface area contributed by atoms with Crippen molar-refractivity contribution in [3.63, 3.8) is 0 Å². The van der Waals surface area contributed by atoms with Crippen molar-refractivity contribution >= 4 is 11.8 Å². The maximum Gasteiger partial charge on any atom is 0.255 e. The highest BCUT2D eigenvalue weighted by Crippen LogP contribution is 2.15. The molecule has 124 valence electrons.